The SMILES string of the molecule is C=C\C=C/C=C\C=C/C(=C\C=C)OC(=S)NC1CCCCC1. The molecule has 0 atom stereocenters. The molecule has 1 aliphatic rings. The zero-order valence-corrected chi connectivity index (χ0v) is 13.9. The van der Waals surface area contributed by atoms with E-state index in [9.17, 15) is 0 Å². The first-order valence-electron chi connectivity index (χ1n) is 7.69. The zero-order chi connectivity index (χ0) is 16.0. The fourth-order valence-corrected chi connectivity index (χ4v) is 2.47. The highest BCUT2D eigenvalue weighted by atomic mass is 32.1. The van der Waals surface area contributed by atoms with Crippen LogP contribution in [0.5, 0.6) is 0 Å². The van der Waals surface area contributed by atoms with Gasteiger partial charge in [0.1, 0.15) is 5.76 Å². The standard InChI is InChI=1S/C19H25NOS/c1-3-5-6-7-8-12-16-18(13-4-2)21-19(22)20-17-14-10-9-11-15-17/h3-8,12-13,16-17H,1-2,9-11,14-15H2,(H,20,22)/b6-5-,8-7-,16-12-,18-13+. The molecular formula is C19H25NOS. The predicted octanol–water partition coefficient (Wildman–Crippen LogP) is 5.13. The van der Waals surface area contributed by atoms with Crippen LogP contribution >= 0.6 is 12.2 Å². The summed E-state index contributed by atoms with van der Waals surface area (Å²) in [6.45, 7) is 7.31. The lowest BCUT2D eigenvalue weighted by atomic mass is 9.96. The average molecular weight is 315 g/mol. The highest BCUT2D eigenvalue weighted by molar-refractivity contribution is 7.80. The molecule has 0 aromatic carbocycles. The quantitative estimate of drug-likeness (QED) is 0.399. The largest absolute Gasteiger partial charge is 0.432 e. The Hall–Kier alpha value is -1.87. The van der Waals surface area contributed by atoms with Crippen LogP contribution in [0, 0.1) is 0 Å². The summed E-state index contributed by atoms with van der Waals surface area (Å²) < 4.78 is 5.68. The summed E-state index contributed by atoms with van der Waals surface area (Å²) >= 11 is 5.28. The van der Waals surface area contributed by atoms with Gasteiger partial charge in [0.15, 0.2) is 0 Å². The highest BCUT2D eigenvalue weighted by Gasteiger charge is 2.14. The summed E-state index contributed by atoms with van der Waals surface area (Å²) in [6.07, 6.45) is 22.7. The molecular weight excluding hydrogens is 290 g/mol. The highest BCUT2D eigenvalue weighted by Crippen LogP contribution is 2.17. The molecule has 22 heavy (non-hydrogen) atoms. The Morgan fingerprint density at radius 1 is 0.955 bits per heavy atom. The number of thiocarbonyl (C=S) groups is 1. The van der Waals surface area contributed by atoms with Crippen LogP contribution in [0.3, 0.4) is 0 Å². The Kier molecular flexibility index (Phi) is 9.71. The van der Waals surface area contributed by atoms with Crippen molar-refractivity contribution in [3.63, 3.8) is 0 Å². The third-order valence-electron chi connectivity index (χ3n) is 3.26. The number of hydrogen-bond acceptors (Lipinski definition) is 2. The maximum atomic E-state index is 5.68. The van der Waals surface area contributed by atoms with Gasteiger partial charge < -0.3 is 10.1 Å². The molecule has 1 aliphatic carbocycles. The number of nitrogens with one attached hydrogen (secondary N) is 1. The van der Waals surface area contributed by atoms with E-state index >= 15 is 0 Å². The smallest absolute Gasteiger partial charge is 0.262 e. The van der Waals surface area contributed by atoms with E-state index in [0.717, 1.165) is 12.8 Å². The Morgan fingerprint density at radius 3 is 2.32 bits per heavy atom. The van der Waals surface area contributed by atoms with E-state index in [1.165, 1.54) is 19.3 Å². The van der Waals surface area contributed by atoms with Crippen molar-refractivity contribution in [1.29, 1.82) is 0 Å². The third-order valence-corrected chi connectivity index (χ3v) is 3.46. The Balaban J connectivity index is 2.47. The third kappa shape index (κ3) is 8.42. The minimum absolute atomic E-state index is 0.431. The average Bonchev–Trinajstić information content (AvgIpc) is 2.51. The molecule has 0 unspecified atom stereocenters. The molecule has 0 radical (unpaired) electrons. The molecule has 1 saturated carbocycles. The molecule has 2 nitrogen and oxygen atoms in total. The van der Waals surface area contributed by atoms with Crippen LogP contribution in [0.25, 0.3) is 0 Å². The van der Waals surface area contributed by atoms with Crippen molar-refractivity contribution in [3.8, 4) is 0 Å². The van der Waals surface area contributed by atoms with Gasteiger partial charge in [-0.1, -0.05) is 75.0 Å². The molecule has 0 saturated heterocycles. The van der Waals surface area contributed by atoms with Gasteiger partial charge in [0.05, 0.1) is 0 Å². The number of hydrogen-bond donors (Lipinski definition) is 1. The van der Waals surface area contributed by atoms with Crippen molar-refractivity contribution in [2.45, 2.75) is 38.1 Å². The molecule has 0 aliphatic heterocycles. The molecule has 118 valence electrons. The van der Waals surface area contributed by atoms with E-state index in [0.29, 0.717) is 17.0 Å². The van der Waals surface area contributed by atoms with Crippen LogP contribution in [-0.2, 0) is 4.74 Å². The van der Waals surface area contributed by atoms with Gasteiger partial charge in [-0.15, -0.1) is 0 Å². The predicted molar refractivity (Wildman–Crippen MR) is 99.6 cm³/mol. The molecule has 0 aromatic rings. The first-order valence-corrected chi connectivity index (χ1v) is 8.10. The Bertz CT molecular complexity index is 480. The maximum absolute atomic E-state index is 5.68. The second kappa shape index (κ2) is 11.8. The molecule has 0 heterocycles. The maximum Gasteiger partial charge on any atom is 0.262 e. The van der Waals surface area contributed by atoms with Crippen molar-refractivity contribution >= 4 is 17.4 Å². The summed E-state index contributed by atoms with van der Waals surface area (Å²) in [5.74, 6) is 0.667. The van der Waals surface area contributed by atoms with Crippen LogP contribution in [-0.4, -0.2) is 11.2 Å². The van der Waals surface area contributed by atoms with Gasteiger partial charge in [-0.3, -0.25) is 0 Å². The van der Waals surface area contributed by atoms with Gasteiger partial charge in [0, 0.05) is 6.04 Å². The fourth-order valence-electron chi connectivity index (χ4n) is 2.21. The molecule has 1 fully saturated rings. The molecule has 0 aromatic heterocycles. The summed E-state index contributed by atoms with van der Waals surface area (Å²) in [4.78, 5) is 0. The van der Waals surface area contributed by atoms with E-state index in [-0.39, 0.29) is 0 Å². The van der Waals surface area contributed by atoms with Crippen molar-refractivity contribution in [3.05, 3.63) is 73.6 Å². The Labute approximate surface area is 139 Å². The van der Waals surface area contributed by atoms with E-state index in [4.69, 9.17) is 17.0 Å². The Morgan fingerprint density at radius 2 is 1.64 bits per heavy atom. The minimum Gasteiger partial charge on any atom is -0.432 e. The van der Waals surface area contributed by atoms with E-state index < -0.39 is 0 Å². The van der Waals surface area contributed by atoms with Crippen molar-refractivity contribution in [1.82, 2.24) is 5.32 Å². The summed E-state index contributed by atoms with van der Waals surface area (Å²) in [7, 11) is 0. The van der Waals surface area contributed by atoms with Crippen molar-refractivity contribution < 1.29 is 4.74 Å². The summed E-state index contributed by atoms with van der Waals surface area (Å²) in [6, 6.07) is 0.444. The van der Waals surface area contributed by atoms with Crippen LogP contribution in [0.2, 0.25) is 0 Å². The van der Waals surface area contributed by atoms with Crippen molar-refractivity contribution in [2.75, 3.05) is 0 Å². The second-order valence-electron chi connectivity index (χ2n) is 5.04. The summed E-state index contributed by atoms with van der Waals surface area (Å²) in [5, 5.41) is 3.72. The molecule has 1 rings (SSSR count). The van der Waals surface area contributed by atoms with E-state index in [2.05, 4.69) is 18.5 Å². The van der Waals surface area contributed by atoms with Crippen molar-refractivity contribution in [2.24, 2.45) is 0 Å². The van der Waals surface area contributed by atoms with Gasteiger partial charge in [-0.25, -0.2) is 0 Å². The van der Waals surface area contributed by atoms with Gasteiger partial charge in [0.25, 0.3) is 5.17 Å². The van der Waals surface area contributed by atoms with E-state index in [1.54, 1.807) is 18.2 Å². The fraction of sp³-hybridized carbons (Fsp3) is 0.316. The topological polar surface area (TPSA) is 21.3 Å². The van der Waals surface area contributed by atoms with E-state index in [1.807, 2.05) is 36.5 Å². The summed E-state index contributed by atoms with van der Waals surface area (Å²) in [5.41, 5.74) is 0. The van der Waals surface area contributed by atoms with Crippen LogP contribution < -0.4 is 5.32 Å². The molecule has 0 bridgehead atoms. The zero-order valence-electron chi connectivity index (χ0n) is 13.0. The molecule has 1 N–H and O–H groups in total. The van der Waals surface area contributed by atoms with Gasteiger partial charge in [0.2, 0.25) is 0 Å². The molecule has 0 amide bonds. The first kappa shape index (κ1) is 18.2. The van der Waals surface area contributed by atoms with Crippen LogP contribution in [0.15, 0.2) is 73.6 Å². The number of rotatable bonds is 7. The number of ether oxygens (including phenoxy) is 1. The lowest BCUT2D eigenvalue weighted by Crippen LogP contribution is -2.36. The van der Waals surface area contributed by atoms with Gasteiger partial charge in [-0.2, -0.15) is 0 Å². The molecule has 0 spiro atoms. The molecule has 3 heteroatoms. The van der Waals surface area contributed by atoms with Gasteiger partial charge in [-0.05, 0) is 37.2 Å². The van der Waals surface area contributed by atoms with Gasteiger partial charge >= 0.3 is 0 Å². The lowest BCUT2D eigenvalue weighted by molar-refractivity contribution is 0.366. The normalized spacial score (nSPS) is 17.2. The lowest BCUT2D eigenvalue weighted by Gasteiger charge is -2.23. The second-order valence-corrected chi connectivity index (χ2v) is 5.41. The minimum atomic E-state index is 0.431. The number of allylic oxidation sites excluding steroid dienone is 9. The first-order chi connectivity index (χ1) is 10.8. The monoisotopic (exact) mass is 315 g/mol. The van der Waals surface area contributed by atoms with Crippen LogP contribution in [0.1, 0.15) is 32.1 Å². The van der Waals surface area contributed by atoms with Crippen LogP contribution in [0.4, 0.5) is 0 Å².